The average molecular weight is 709 g/mol. The zero-order chi connectivity index (χ0) is 37.0. The first kappa shape index (κ1) is 38.1. The molecule has 1 heterocycles. The van der Waals surface area contributed by atoms with E-state index in [9.17, 15) is 40.2 Å². The second-order valence-electron chi connectivity index (χ2n) is 17.9. The molecule has 1 saturated heterocycles. The van der Waals surface area contributed by atoms with E-state index in [1.165, 1.54) is 14.2 Å². The van der Waals surface area contributed by atoms with Crippen LogP contribution in [0.3, 0.4) is 0 Å². The molecular weight excluding hydrogens is 648 g/mol. The standard InChI is InChI=1S/C38H60O12/c1-19-11-14-38(32(45)50-30-26(42)27(47-7)25(41)22(18-39)49-30)16-15-34(3)20(28(38)37(19,6)46)9-10-23-33(2)17-21(40)29(43)36(5,31(44)48-8)24(33)12-13-35(23,34)4/h9,19,21-30,39-43,46H,10-18H2,1-8H3/t19-,21-,22-,23-,24-,25-,26-,27+,28-,29+,30+,33-,34-,35-,36-,37-,38+/m1/s1. The highest BCUT2D eigenvalue weighted by Gasteiger charge is 2.73. The van der Waals surface area contributed by atoms with E-state index in [1.54, 1.807) is 6.92 Å². The first-order valence-electron chi connectivity index (χ1n) is 18.5. The Bertz CT molecular complexity index is 1380. The highest BCUT2D eigenvalue weighted by Crippen LogP contribution is 2.76. The van der Waals surface area contributed by atoms with E-state index < -0.39 is 94.6 Å². The third-order valence-electron chi connectivity index (χ3n) is 16.0. The molecule has 0 amide bonds. The Labute approximate surface area is 295 Å². The minimum atomic E-state index is -1.50. The third-order valence-corrected chi connectivity index (χ3v) is 16.0. The first-order valence-corrected chi connectivity index (χ1v) is 18.5. The van der Waals surface area contributed by atoms with E-state index in [1.807, 2.05) is 13.8 Å². The van der Waals surface area contributed by atoms with Crippen molar-refractivity contribution in [1.29, 1.82) is 0 Å². The van der Waals surface area contributed by atoms with Gasteiger partial charge in [-0.05, 0) is 99.2 Å². The molecule has 0 spiro atoms. The molecule has 0 aromatic carbocycles. The smallest absolute Gasteiger partial charge is 0.315 e. The largest absolute Gasteiger partial charge is 0.469 e. The van der Waals surface area contributed by atoms with E-state index in [-0.39, 0.29) is 23.2 Å². The summed E-state index contributed by atoms with van der Waals surface area (Å²) in [4.78, 5) is 28.0. The van der Waals surface area contributed by atoms with Gasteiger partial charge in [0.05, 0.1) is 42.4 Å². The number of carbonyl (C=O) groups excluding carboxylic acids is 2. The Hall–Kier alpha value is -1.64. The monoisotopic (exact) mass is 708 g/mol. The molecule has 6 aliphatic rings. The lowest BCUT2D eigenvalue weighted by atomic mass is 9.33. The van der Waals surface area contributed by atoms with Gasteiger partial charge in [-0.25, -0.2) is 0 Å². The average Bonchev–Trinajstić information content (AvgIpc) is 3.06. The molecule has 12 heteroatoms. The zero-order valence-corrected chi connectivity index (χ0v) is 30.9. The molecule has 0 aromatic heterocycles. The number of ether oxygens (including phenoxy) is 4. The normalized spacial score (nSPS) is 54.6. The Morgan fingerprint density at radius 2 is 1.60 bits per heavy atom. The molecule has 4 saturated carbocycles. The van der Waals surface area contributed by atoms with Crippen LogP contribution in [-0.4, -0.2) is 112 Å². The molecule has 0 aromatic rings. The number of fused-ring (bicyclic) bond motifs is 7. The van der Waals surface area contributed by atoms with Crippen LogP contribution in [-0.2, 0) is 28.5 Å². The summed E-state index contributed by atoms with van der Waals surface area (Å²) >= 11 is 0. The highest BCUT2D eigenvalue weighted by atomic mass is 16.7. The van der Waals surface area contributed by atoms with Crippen LogP contribution in [0.4, 0.5) is 0 Å². The van der Waals surface area contributed by atoms with Crippen molar-refractivity contribution in [2.75, 3.05) is 20.8 Å². The summed E-state index contributed by atoms with van der Waals surface area (Å²) in [6.07, 6.45) is -2.32. The van der Waals surface area contributed by atoms with E-state index >= 15 is 0 Å². The lowest BCUT2D eigenvalue weighted by molar-refractivity contribution is -0.302. The predicted octanol–water partition coefficient (Wildman–Crippen LogP) is 2.24. The molecule has 5 fully saturated rings. The summed E-state index contributed by atoms with van der Waals surface area (Å²) in [5, 5.41) is 66.5. The van der Waals surface area contributed by atoms with Gasteiger partial charge in [0.2, 0.25) is 6.29 Å². The Morgan fingerprint density at radius 1 is 0.920 bits per heavy atom. The molecule has 0 bridgehead atoms. The van der Waals surface area contributed by atoms with Crippen molar-refractivity contribution >= 4 is 11.9 Å². The number of methoxy groups -OCH3 is 2. The van der Waals surface area contributed by atoms with Crippen molar-refractivity contribution in [2.45, 2.75) is 141 Å². The molecule has 284 valence electrons. The summed E-state index contributed by atoms with van der Waals surface area (Å²) in [7, 11) is 2.64. The molecule has 50 heavy (non-hydrogen) atoms. The Morgan fingerprint density at radius 3 is 2.22 bits per heavy atom. The quantitative estimate of drug-likeness (QED) is 0.181. The molecule has 17 atom stereocenters. The fourth-order valence-corrected chi connectivity index (χ4v) is 12.8. The molecular formula is C38H60O12. The minimum Gasteiger partial charge on any atom is -0.469 e. The maximum Gasteiger partial charge on any atom is 0.315 e. The summed E-state index contributed by atoms with van der Waals surface area (Å²) in [5.41, 5.74) is -3.99. The van der Waals surface area contributed by atoms with Gasteiger partial charge in [0, 0.05) is 13.0 Å². The third kappa shape index (κ3) is 4.84. The Kier molecular flexibility index (Phi) is 9.50. The maximum atomic E-state index is 14.6. The van der Waals surface area contributed by atoms with Gasteiger partial charge in [0.25, 0.3) is 0 Å². The zero-order valence-electron chi connectivity index (χ0n) is 30.9. The van der Waals surface area contributed by atoms with Crippen molar-refractivity contribution in [3.63, 3.8) is 0 Å². The van der Waals surface area contributed by atoms with Crippen LogP contribution in [0.15, 0.2) is 11.6 Å². The van der Waals surface area contributed by atoms with Crippen molar-refractivity contribution in [1.82, 2.24) is 0 Å². The molecule has 0 radical (unpaired) electrons. The number of rotatable bonds is 5. The van der Waals surface area contributed by atoms with Crippen LogP contribution in [0.25, 0.3) is 0 Å². The van der Waals surface area contributed by atoms with Crippen molar-refractivity contribution in [3.05, 3.63) is 11.6 Å². The van der Waals surface area contributed by atoms with Gasteiger partial charge in [-0.2, -0.15) is 0 Å². The van der Waals surface area contributed by atoms with Crippen LogP contribution in [0.5, 0.6) is 0 Å². The van der Waals surface area contributed by atoms with Crippen LogP contribution >= 0.6 is 0 Å². The summed E-state index contributed by atoms with van der Waals surface area (Å²) in [6.45, 7) is 11.7. The van der Waals surface area contributed by atoms with Gasteiger partial charge in [-0.3, -0.25) is 9.59 Å². The predicted molar refractivity (Wildman–Crippen MR) is 179 cm³/mol. The maximum absolute atomic E-state index is 14.6. The molecule has 1 aliphatic heterocycles. The molecule has 6 N–H and O–H groups in total. The number of allylic oxidation sites excluding steroid dienone is 1. The van der Waals surface area contributed by atoms with Crippen molar-refractivity contribution < 1.29 is 59.2 Å². The van der Waals surface area contributed by atoms with E-state index in [2.05, 4.69) is 26.8 Å². The first-order chi connectivity index (χ1) is 23.3. The Balaban J connectivity index is 1.40. The molecule has 6 rings (SSSR count). The lowest BCUT2D eigenvalue weighted by Gasteiger charge is -2.71. The van der Waals surface area contributed by atoms with Gasteiger partial charge in [0.1, 0.15) is 24.4 Å². The molecule has 0 unspecified atom stereocenters. The van der Waals surface area contributed by atoms with E-state index in [4.69, 9.17) is 18.9 Å². The molecule has 12 nitrogen and oxygen atoms in total. The topological polar surface area (TPSA) is 192 Å². The lowest BCUT2D eigenvalue weighted by Crippen LogP contribution is -2.70. The summed E-state index contributed by atoms with van der Waals surface area (Å²) in [5.74, 6) is -2.05. The number of aliphatic hydroxyl groups is 6. The highest BCUT2D eigenvalue weighted by molar-refractivity contribution is 5.80. The van der Waals surface area contributed by atoms with Gasteiger partial charge in [-0.1, -0.05) is 39.3 Å². The summed E-state index contributed by atoms with van der Waals surface area (Å²) in [6, 6.07) is 0. The van der Waals surface area contributed by atoms with Crippen LogP contribution in [0, 0.1) is 50.7 Å². The second-order valence-corrected chi connectivity index (χ2v) is 17.9. The number of carbonyl (C=O) groups is 2. The fourth-order valence-electron chi connectivity index (χ4n) is 12.8. The number of aliphatic hydroxyl groups excluding tert-OH is 5. The van der Waals surface area contributed by atoms with Crippen LogP contribution in [0.1, 0.15) is 92.9 Å². The van der Waals surface area contributed by atoms with Crippen LogP contribution < -0.4 is 0 Å². The van der Waals surface area contributed by atoms with E-state index in [0.29, 0.717) is 44.9 Å². The fraction of sp³-hybridized carbons (Fsp3) is 0.895. The second kappa shape index (κ2) is 12.5. The van der Waals surface area contributed by atoms with Crippen molar-refractivity contribution in [3.8, 4) is 0 Å². The van der Waals surface area contributed by atoms with Crippen LogP contribution in [0.2, 0.25) is 0 Å². The minimum absolute atomic E-state index is 0.0256. The van der Waals surface area contributed by atoms with Gasteiger partial charge >= 0.3 is 11.9 Å². The SMILES string of the molecule is COC(=O)[C@]1(C)[C@@H]2CC[C@]3(C)[C@H](CC=C4[C@H]5[C@](C(=O)O[C@@H]6O[C@H](CO)[C@@H](O)[C@H](OC)[C@H]6O)(CC[C@@H](C)[C@@]5(C)O)CC[C@]43C)[C@@]2(C)C[C@@H](O)[C@@H]1O. The van der Waals surface area contributed by atoms with E-state index in [0.717, 1.165) is 12.0 Å². The van der Waals surface area contributed by atoms with Crippen molar-refractivity contribution in [2.24, 2.45) is 50.7 Å². The molecule has 5 aliphatic carbocycles. The number of hydrogen-bond donors (Lipinski definition) is 6. The van der Waals surface area contributed by atoms with Gasteiger partial charge in [0.15, 0.2) is 0 Å². The van der Waals surface area contributed by atoms with Gasteiger partial charge < -0.3 is 49.6 Å². The number of esters is 2. The van der Waals surface area contributed by atoms with Gasteiger partial charge in [-0.15, -0.1) is 0 Å². The summed E-state index contributed by atoms with van der Waals surface area (Å²) < 4.78 is 22.3. The number of hydrogen-bond acceptors (Lipinski definition) is 12.